The number of nitrogens with zero attached hydrogens (tertiary/aromatic N) is 4. The van der Waals surface area contributed by atoms with Crippen LogP contribution in [0.2, 0.25) is 0 Å². The first-order chi connectivity index (χ1) is 12.1. The maximum absolute atomic E-state index is 13.9. The number of hydrogen-bond donors (Lipinski definition) is 1. The number of rotatable bonds is 4. The number of hydrogen-bond acceptors (Lipinski definition) is 5. The number of pyridine rings is 1. The minimum atomic E-state index is -1.67. The molecule has 3 heterocycles. The Morgan fingerprint density at radius 2 is 1.72 bits per heavy atom. The summed E-state index contributed by atoms with van der Waals surface area (Å²) in [6, 6.07) is 0.164. The first-order valence-corrected chi connectivity index (χ1v) is 8.91. The summed E-state index contributed by atoms with van der Waals surface area (Å²) in [7, 11) is 0. The molecule has 134 valence electrons. The van der Waals surface area contributed by atoms with Crippen molar-refractivity contribution in [1.82, 2.24) is 25.1 Å². The van der Waals surface area contributed by atoms with E-state index in [-0.39, 0.29) is 17.1 Å². The Kier molecular flexibility index (Phi) is 4.40. The van der Waals surface area contributed by atoms with Crippen molar-refractivity contribution < 1.29 is 17.6 Å². The van der Waals surface area contributed by atoms with Gasteiger partial charge in [-0.05, 0) is 44.0 Å². The lowest BCUT2D eigenvalue weighted by Crippen LogP contribution is -2.30. The second-order valence-electron chi connectivity index (χ2n) is 6.24. The highest BCUT2D eigenvalue weighted by Crippen LogP contribution is 2.43. The van der Waals surface area contributed by atoms with E-state index in [1.54, 1.807) is 0 Å². The lowest BCUT2D eigenvalue weighted by atomic mass is 9.99. The van der Waals surface area contributed by atoms with E-state index in [1.807, 2.05) is 4.57 Å². The van der Waals surface area contributed by atoms with Gasteiger partial charge in [0, 0.05) is 18.5 Å². The molecule has 1 saturated heterocycles. The van der Waals surface area contributed by atoms with Gasteiger partial charge in [0.1, 0.15) is 5.82 Å². The van der Waals surface area contributed by atoms with Crippen LogP contribution in [0.15, 0.2) is 10.1 Å². The summed E-state index contributed by atoms with van der Waals surface area (Å²) in [5.74, 6) is -5.46. The largest absolute Gasteiger partial charge is 0.316 e. The van der Waals surface area contributed by atoms with Crippen molar-refractivity contribution in [2.45, 2.75) is 47.7 Å². The molecule has 1 unspecified atom stereocenters. The first kappa shape index (κ1) is 16.8. The Morgan fingerprint density at radius 1 is 1.00 bits per heavy atom. The average molecular weight is 373 g/mol. The maximum atomic E-state index is 13.9. The van der Waals surface area contributed by atoms with Gasteiger partial charge >= 0.3 is 0 Å². The van der Waals surface area contributed by atoms with Crippen LogP contribution in [-0.2, 0) is 0 Å². The van der Waals surface area contributed by atoms with Gasteiger partial charge in [-0.2, -0.15) is 13.8 Å². The maximum Gasteiger partial charge on any atom is 0.252 e. The summed E-state index contributed by atoms with van der Waals surface area (Å²) in [4.78, 5) is 1.79. The van der Waals surface area contributed by atoms with Crippen molar-refractivity contribution in [2.24, 2.45) is 0 Å². The number of piperidine rings is 1. The Hall–Kier alpha value is -1.68. The highest BCUT2D eigenvalue weighted by molar-refractivity contribution is 7.99. The molecule has 2 aromatic rings. The third-order valence-corrected chi connectivity index (χ3v) is 5.44. The van der Waals surface area contributed by atoms with E-state index in [0.717, 1.165) is 44.6 Å². The average Bonchev–Trinajstić information content (AvgIpc) is 3.37. The van der Waals surface area contributed by atoms with Crippen LogP contribution in [0.25, 0.3) is 0 Å². The third-order valence-electron chi connectivity index (χ3n) is 4.42. The zero-order valence-corrected chi connectivity index (χ0v) is 13.9. The van der Waals surface area contributed by atoms with Gasteiger partial charge < -0.3 is 9.88 Å². The van der Waals surface area contributed by atoms with E-state index in [0.29, 0.717) is 11.8 Å². The molecule has 25 heavy (non-hydrogen) atoms. The van der Waals surface area contributed by atoms with E-state index in [9.17, 15) is 17.6 Å². The number of halogens is 4. The molecular weight excluding hydrogens is 358 g/mol. The van der Waals surface area contributed by atoms with Crippen molar-refractivity contribution in [2.75, 3.05) is 13.1 Å². The molecule has 0 amide bonds. The van der Waals surface area contributed by atoms with Gasteiger partial charge in [-0.15, -0.1) is 10.2 Å². The smallest absolute Gasteiger partial charge is 0.252 e. The van der Waals surface area contributed by atoms with Crippen molar-refractivity contribution in [1.29, 1.82) is 0 Å². The fourth-order valence-electron chi connectivity index (χ4n) is 3.03. The summed E-state index contributed by atoms with van der Waals surface area (Å²) in [6.07, 6.45) is 3.80. The van der Waals surface area contributed by atoms with Crippen LogP contribution in [0, 0.1) is 23.5 Å². The minimum absolute atomic E-state index is 0.164. The number of aromatic nitrogens is 4. The molecule has 2 aromatic heterocycles. The van der Waals surface area contributed by atoms with Crippen molar-refractivity contribution >= 4 is 11.8 Å². The Morgan fingerprint density at radius 3 is 2.32 bits per heavy atom. The molecule has 0 aromatic carbocycles. The molecule has 0 bridgehead atoms. The van der Waals surface area contributed by atoms with Gasteiger partial charge in [-0.1, -0.05) is 0 Å². The molecule has 2 fully saturated rings. The molecule has 1 saturated carbocycles. The molecule has 0 radical (unpaired) electrons. The van der Waals surface area contributed by atoms with Gasteiger partial charge in [0.25, 0.3) is 11.9 Å². The van der Waals surface area contributed by atoms with Gasteiger partial charge in [0.2, 0.25) is 0 Å². The minimum Gasteiger partial charge on any atom is -0.316 e. The van der Waals surface area contributed by atoms with E-state index >= 15 is 0 Å². The molecule has 1 N–H and O–H groups in total. The topological polar surface area (TPSA) is 55.6 Å². The zero-order chi connectivity index (χ0) is 17.6. The van der Waals surface area contributed by atoms with Crippen LogP contribution in [0.3, 0.4) is 0 Å². The van der Waals surface area contributed by atoms with Crippen molar-refractivity contribution in [3.8, 4) is 0 Å². The Balaban J connectivity index is 1.71. The molecule has 1 aliphatic carbocycles. The Bertz CT molecular complexity index is 775. The summed E-state index contributed by atoms with van der Waals surface area (Å²) in [5, 5.41) is 11.8. The predicted molar refractivity (Wildman–Crippen MR) is 81.3 cm³/mol. The molecule has 1 atom stereocenters. The molecule has 0 spiro atoms. The zero-order valence-electron chi connectivity index (χ0n) is 13.1. The SMILES string of the molecule is Fc1nc(F)c(F)c(Sc2nnc(C3CCCNC3)n2C2CC2)c1F. The first-order valence-electron chi connectivity index (χ1n) is 8.09. The normalized spacial score (nSPS) is 20.9. The molecule has 1 aliphatic heterocycles. The second-order valence-corrected chi connectivity index (χ2v) is 7.22. The summed E-state index contributed by atoms with van der Waals surface area (Å²) >= 11 is 0.548. The van der Waals surface area contributed by atoms with E-state index < -0.39 is 28.4 Å². The lowest BCUT2D eigenvalue weighted by Gasteiger charge is -2.22. The highest BCUT2D eigenvalue weighted by Gasteiger charge is 2.34. The van der Waals surface area contributed by atoms with Gasteiger partial charge in [0.05, 0.1) is 4.90 Å². The Labute approximate surface area is 145 Å². The van der Waals surface area contributed by atoms with Crippen molar-refractivity contribution in [3.05, 3.63) is 29.4 Å². The molecule has 2 aliphatic rings. The molecule has 4 rings (SSSR count). The second kappa shape index (κ2) is 6.56. The highest BCUT2D eigenvalue weighted by atomic mass is 32.2. The third kappa shape index (κ3) is 3.12. The molecule has 5 nitrogen and oxygen atoms in total. The van der Waals surface area contributed by atoms with Gasteiger partial charge in [0.15, 0.2) is 16.8 Å². The van der Waals surface area contributed by atoms with Crippen LogP contribution < -0.4 is 5.32 Å². The quantitative estimate of drug-likeness (QED) is 0.659. The van der Waals surface area contributed by atoms with Crippen LogP contribution in [0.1, 0.15) is 43.5 Å². The van der Waals surface area contributed by atoms with Gasteiger partial charge in [-0.25, -0.2) is 8.78 Å². The van der Waals surface area contributed by atoms with Crippen molar-refractivity contribution in [3.63, 3.8) is 0 Å². The fourth-order valence-corrected chi connectivity index (χ4v) is 3.99. The van der Waals surface area contributed by atoms with E-state index in [1.165, 1.54) is 0 Å². The summed E-state index contributed by atoms with van der Waals surface area (Å²) < 4.78 is 56.3. The predicted octanol–water partition coefficient (Wildman–Crippen LogP) is 3.18. The number of nitrogens with one attached hydrogen (secondary N) is 1. The van der Waals surface area contributed by atoms with Crippen LogP contribution >= 0.6 is 11.8 Å². The fraction of sp³-hybridized carbons (Fsp3) is 0.533. The molecular formula is C15H15F4N5S. The van der Waals surface area contributed by atoms with E-state index in [4.69, 9.17) is 0 Å². The molecule has 10 heteroatoms. The summed E-state index contributed by atoms with van der Waals surface area (Å²) in [5.41, 5.74) is 0. The van der Waals surface area contributed by atoms with Crippen LogP contribution in [0.5, 0.6) is 0 Å². The monoisotopic (exact) mass is 373 g/mol. The van der Waals surface area contributed by atoms with Crippen LogP contribution in [0.4, 0.5) is 17.6 Å². The lowest BCUT2D eigenvalue weighted by molar-refractivity contribution is 0.383. The van der Waals surface area contributed by atoms with Gasteiger partial charge in [-0.3, -0.25) is 0 Å². The summed E-state index contributed by atoms with van der Waals surface area (Å²) in [6.45, 7) is 1.71. The van der Waals surface area contributed by atoms with Crippen LogP contribution in [-0.4, -0.2) is 32.8 Å². The standard InChI is InChI=1S/C15H15F4N5S/c16-9-11(10(17)13(19)21-12(9)18)25-15-23-22-14(24(15)8-3-4-8)7-2-1-5-20-6-7/h7-8,20H,1-6H2. The van der Waals surface area contributed by atoms with E-state index in [2.05, 4.69) is 20.5 Å².